The smallest absolute Gasteiger partial charge is 0.468 e. The number of rotatable bonds is 8. The fourth-order valence-electron chi connectivity index (χ4n) is 2.65. The molecule has 0 spiro atoms. The second-order valence-electron chi connectivity index (χ2n) is 5.53. The first-order valence-corrected chi connectivity index (χ1v) is 8.25. The first-order chi connectivity index (χ1) is 12.3. The maximum atomic E-state index is 12.3. The maximum Gasteiger partial charge on any atom is 0.573 e. The SMILES string of the molecule is CCN(CC)C(CNC(=O)c1ccc(OC(F)(F)F)cc1)c1ccco1. The lowest BCUT2D eigenvalue weighted by atomic mass is 10.1. The van der Waals surface area contributed by atoms with Gasteiger partial charge in [0.1, 0.15) is 11.5 Å². The summed E-state index contributed by atoms with van der Waals surface area (Å²) in [4.78, 5) is 14.4. The van der Waals surface area contributed by atoms with Crippen LogP contribution < -0.4 is 10.1 Å². The average Bonchev–Trinajstić information content (AvgIpc) is 3.12. The van der Waals surface area contributed by atoms with Gasteiger partial charge in [0, 0.05) is 12.1 Å². The third-order valence-corrected chi connectivity index (χ3v) is 3.93. The van der Waals surface area contributed by atoms with E-state index in [2.05, 4.69) is 15.0 Å². The van der Waals surface area contributed by atoms with Gasteiger partial charge in [-0.2, -0.15) is 0 Å². The largest absolute Gasteiger partial charge is 0.573 e. The molecular formula is C18H21F3N2O3. The van der Waals surface area contributed by atoms with Gasteiger partial charge in [0.25, 0.3) is 5.91 Å². The van der Waals surface area contributed by atoms with E-state index >= 15 is 0 Å². The van der Waals surface area contributed by atoms with Gasteiger partial charge in [-0.3, -0.25) is 9.69 Å². The van der Waals surface area contributed by atoms with Crippen LogP contribution in [0.2, 0.25) is 0 Å². The number of amides is 1. The Hall–Kier alpha value is -2.48. The highest BCUT2D eigenvalue weighted by Crippen LogP contribution is 2.23. The zero-order valence-electron chi connectivity index (χ0n) is 14.5. The normalized spacial score (nSPS) is 12.8. The molecule has 1 atom stereocenters. The van der Waals surface area contributed by atoms with E-state index in [1.165, 1.54) is 12.1 Å². The van der Waals surface area contributed by atoms with Gasteiger partial charge in [-0.05, 0) is 49.5 Å². The van der Waals surface area contributed by atoms with E-state index in [-0.39, 0.29) is 23.3 Å². The Morgan fingerprint density at radius 2 is 1.85 bits per heavy atom. The summed E-state index contributed by atoms with van der Waals surface area (Å²) >= 11 is 0. The van der Waals surface area contributed by atoms with Crippen LogP contribution in [0.5, 0.6) is 5.75 Å². The number of nitrogens with one attached hydrogen (secondary N) is 1. The molecule has 1 heterocycles. The predicted octanol–water partition coefficient (Wildman–Crippen LogP) is 3.99. The molecule has 0 saturated heterocycles. The number of hydrogen-bond acceptors (Lipinski definition) is 4. The standard InChI is InChI=1S/C18H21F3N2O3/c1-3-23(4-2)15(16-6-5-11-25-16)12-22-17(24)13-7-9-14(10-8-13)26-18(19,20)21/h5-11,15H,3-4,12H2,1-2H3,(H,22,24). The number of hydrogen-bond donors (Lipinski definition) is 1. The summed E-state index contributed by atoms with van der Waals surface area (Å²) in [6.45, 7) is 5.90. The Kier molecular flexibility index (Phi) is 6.68. The minimum Gasteiger partial charge on any atom is -0.468 e. The van der Waals surface area contributed by atoms with Gasteiger partial charge in [-0.25, -0.2) is 0 Å². The van der Waals surface area contributed by atoms with Crippen LogP contribution in [0, 0.1) is 0 Å². The summed E-state index contributed by atoms with van der Waals surface area (Å²) in [7, 11) is 0. The fraction of sp³-hybridized carbons (Fsp3) is 0.389. The van der Waals surface area contributed by atoms with Crippen LogP contribution in [-0.4, -0.2) is 36.8 Å². The maximum absolute atomic E-state index is 12.3. The zero-order valence-corrected chi connectivity index (χ0v) is 14.5. The molecule has 1 unspecified atom stereocenters. The summed E-state index contributed by atoms with van der Waals surface area (Å²) < 4.78 is 45.8. The molecule has 1 aromatic carbocycles. The summed E-state index contributed by atoms with van der Waals surface area (Å²) in [5.74, 6) is -0.0131. The molecule has 0 aliphatic heterocycles. The Morgan fingerprint density at radius 3 is 2.35 bits per heavy atom. The van der Waals surface area contributed by atoms with Gasteiger partial charge < -0.3 is 14.5 Å². The number of halogens is 3. The van der Waals surface area contributed by atoms with Crippen LogP contribution >= 0.6 is 0 Å². The first-order valence-electron chi connectivity index (χ1n) is 8.25. The van der Waals surface area contributed by atoms with Gasteiger partial charge >= 0.3 is 6.36 Å². The lowest BCUT2D eigenvalue weighted by molar-refractivity contribution is -0.274. The highest BCUT2D eigenvalue weighted by atomic mass is 19.4. The molecule has 0 aliphatic rings. The van der Waals surface area contributed by atoms with Crippen molar-refractivity contribution in [2.75, 3.05) is 19.6 Å². The van der Waals surface area contributed by atoms with Gasteiger partial charge in [-0.1, -0.05) is 13.8 Å². The number of nitrogens with zero attached hydrogens (tertiary/aromatic N) is 1. The second kappa shape index (κ2) is 8.75. The number of carbonyl (C=O) groups excluding carboxylic acids is 1. The molecule has 2 rings (SSSR count). The van der Waals surface area contributed by atoms with E-state index in [9.17, 15) is 18.0 Å². The van der Waals surface area contributed by atoms with Crippen molar-refractivity contribution in [1.82, 2.24) is 10.2 Å². The van der Waals surface area contributed by atoms with Gasteiger partial charge in [0.2, 0.25) is 0 Å². The molecule has 2 aromatic rings. The van der Waals surface area contributed by atoms with Crippen molar-refractivity contribution >= 4 is 5.91 Å². The molecular weight excluding hydrogens is 349 g/mol. The van der Waals surface area contributed by atoms with E-state index in [0.717, 1.165) is 31.0 Å². The number of benzene rings is 1. The van der Waals surface area contributed by atoms with Gasteiger partial charge in [0.15, 0.2) is 0 Å². The predicted molar refractivity (Wildman–Crippen MR) is 89.8 cm³/mol. The van der Waals surface area contributed by atoms with Crippen molar-refractivity contribution < 1.29 is 27.1 Å². The Bertz CT molecular complexity index is 681. The van der Waals surface area contributed by atoms with Crippen LogP contribution in [-0.2, 0) is 0 Å². The number of likely N-dealkylation sites (N-methyl/N-ethyl adjacent to an activating group) is 1. The van der Waals surface area contributed by atoms with Crippen LogP contribution in [0.1, 0.15) is 36.0 Å². The summed E-state index contributed by atoms with van der Waals surface area (Å²) in [6, 6.07) is 8.29. The van der Waals surface area contributed by atoms with E-state index in [4.69, 9.17) is 4.42 Å². The zero-order chi connectivity index (χ0) is 19.2. The van der Waals surface area contributed by atoms with Gasteiger partial charge in [-0.15, -0.1) is 13.2 Å². The molecule has 8 heteroatoms. The van der Waals surface area contributed by atoms with Crippen LogP contribution in [0.15, 0.2) is 47.1 Å². The van der Waals surface area contributed by atoms with Crippen LogP contribution in [0.4, 0.5) is 13.2 Å². The lowest BCUT2D eigenvalue weighted by Crippen LogP contribution is -2.37. The van der Waals surface area contributed by atoms with E-state index < -0.39 is 6.36 Å². The van der Waals surface area contributed by atoms with Crippen molar-refractivity contribution in [3.63, 3.8) is 0 Å². The topological polar surface area (TPSA) is 54.7 Å². The molecule has 0 aliphatic carbocycles. The third-order valence-electron chi connectivity index (χ3n) is 3.93. The molecule has 0 bridgehead atoms. The Labute approximate surface area is 149 Å². The third kappa shape index (κ3) is 5.52. The lowest BCUT2D eigenvalue weighted by Gasteiger charge is -2.28. The van der Waals surface area contributed by atoms with E-state index in [1.54, 1.807) is 12.3 Å². The Balaban J connectivity index is 2.01. The highest BCUT2D eigenvalue weighted by Gasteiger charge is 2.31. The molecule has 142 valence electrons. The first kappa shape index (κ1) is 19.8. The average molecular weight is 370 g/mol. The highest BCUT2D eigenvalue weighted by molar-refractivity contribution is 5.94. The summed E-state index contributed by atoms with van der Waals surface area (Å²) in [5.41, 5.74) is 0.247. The molecule has 0 radical (unpaired) electrons. The van der Waals surface area contributed by atoms with Gasteiger partial charge in [0.05, 0.1) is 12.3 Å². The molecule has 5 nitrogen and oxygen atoms in total. The van der Waals surface area contributed by atoms with Crippen molar-refractivity contribution in [2.24, 2.45) is 0 Å². The number of furan rings is 1. The Morgan fingerprint density at radius 1 is 1.19 bits per heavy atom. The summed E-state index contributed by atoms with van der Waals surface area (Å²) in [6.07, 6.45) is -3.18. The molecule has 1 N–H and O–H groups in total. The second-order valence-corrected chi connectivity index (χ2v) is 5.53. The van der Waals surface area contributed by atoms with E-state index in [1.807, 2.05) is 19.9 Å². The quantitative estimate of drug-likeness (QED) is 0.763. The number of alkyl halides is 3. The molecule has 1 amide bonds. The summed E-state index contributed by atoms with van der Waals surface area (Å²) in [5, 5.41) is 2.80. The fourth-order valence-corrected chi connectivity index (χ4v) is 2.65. The molecule has 0 saturated carbocycles. The van der Waals surface area contributed by atoms with Crippen molar-refractivity contribution in [3.8, 4) is 5.75 Å². The minimum atomic E-state index is -4.76. The van der Waals surface area contributed by atoms with Crippen molar-refractivity contribution in [3.05, 3.63) is 54.0 Å². The van der Waals surface area contributed by atoms with Crippen molar-refractivity contribution in [1.29, 1.82) is 0 Å². The molecule has 26 heavy (non-hydrogen) atoms. The molecule has 1 aromatic heterocycles. The monoisotopic (exact) mass is 370 g/mol. The minimum absolute atomic E-state index is 0.128. The van der Waals surface area contributed by atoms with Crippen molar-refractivity contribution in [2.45, 2.75) is 26.3 Å². The van der Waals surface area contributed by atoms with Crippen LogP contribution in [0.25, 0.3) is 0 Å². The number of carbonyl (C=O) groups is 1. The van der Waals surface area contributed by atoms with Crippen LogP contribution in [0.3, 0.4) is 0 Å². The molecule has 0 fully saturated rings. The van der Waals surface area contributed by atoms with E-state index in [0.29, 0.717) is 6.54 Å². The number of ether oxygens (including phenoxy) is 1.